The molecule has 0 saturated carbocycles. The molecular formula is C21H27Cl3N2O4. The van der Waals surface area contributed by atoms with E-state index in [2.05, 4.69) is 4.90 Å². The van der Waals surface area contributed by atoms with Gasteiger partial charge in [-0.3, -0.25) is 0 Å². The third kappa shape index (κ3) is 5.56. The number of phenolic OH excluding ortho intramolecular Hbond substituents is 1. The van der Waals surface area contributed by atoms with Crippen molar-refractivity contribution in [1.29, 1.82) is 0 Å². The van der Waals surface area contributed by atoms with E-state index in [0.717, 1.165) is 43.1 Å². The zero-order valence-electron chi connectivity index (χ0n) is 16.4. The topological polar surface area (TPSA) is 88.2 Å². The van der Waals surface area contributed by atoms with Crippen LogP contribution in [0.25, 0.3) is 0 Å². The van der Waals surface area contributed by atoms with Gasteiger partial charge >= 0.3 is 0 Å². The Morgan fingerprint density at radius 1 is 1.17 bits per heavy atom. The summed E-state index contributed by atoms with van der Waals surface area (Å²) in [6.07, 6.45) is 2.06. The number of β-amino-alcohol motifs (C(OH)–C–C–N with tert-alkyl or cyclic N) is 1. The van der Waals surface area contributed by atoms with Gasteiger partial charge in [0.25, 0.3) is 0 Å². The van der Waals surface area contributed by atoms with E-state index in [1.807, 2.05) is 18.2 Å². The maximum Gasteiger partial charge on any atom is 0.146 e. The fourth-order valence-electron chi connectivity index (χ4n) is 4.01. The molecule has 0 amide bonds. The van der Waals surface area contributed by atoms with Crippen molar-refractivity contribution in [3.63, 3.8) is 0 Å². The predicted octanol–water partition coefficient (Wildman–Crippen LogP) is 3.68. The number of aromatic hydroxyl groups is 1. The van der Waals surface area contributed by atoms with Crippen molar-refractivity contribution in [3.8, 4) is 17.2 Å². The molecule has 1 spiro atoms. The summed E-state index contributed by atoms with van der Waals surface area (Å²) >= 11 is 6.10. The van der Waals surface area contributed by atoms with E-state index in [0.29, 0.717) is 18.0 Å². The Balaban J connectivity index is 0.00000160. The van der Waals surface area contributed by atoms with E-state index in [1.54, 1.807) is 6.07 Å². The number of benzene rings is 2. The van der Waals surface area contributed by atoms with Crippen molar-refractivity contribution in [2.45, 2.75) is 31.0 Å². The van der Waals surface area contributed by atoms with Gasteiger partial charge in [0.2, 0.25) is 0 Å². The second-order valence-corrected chi connectivity index (χ2v) is 8.14. The number of hydrogen-bond donors (Lipinski definition) is 3. The fraction of sp³-hybridized carbons (Fsp3) is 0.429. The van der Waals surface area contributed by atoms with E-state index < -0.39 is 6.10 Å². The number of anilines is 1. The molecular weight excluding hydrogens is 451 g/mol. The molecule has 2 aromatic rings. The average molecular weight is 478 g/mol. The highest BCUT2D eigenvalue weighted by atomic mass is 35.5. The van der Waals surface area contributed by atoms with E-state index >= 15 is 0 Å². The highest BCUT2D eigenvalue weighted by Crippen LogP contribution is 2.41. The first-order valence-corrected chi connectivity index (χ1v) is 9.89. The van der Waals surface area contributed by atoms with Crippen LogP contribution in [0.1, 0.15) is 18.4 Å². The number of rotatable bonds is 5. The number of nitrogen functional groups attached to an aromatic ring is 1. The van der Waals surface area contributed by atoms with Gasteiger partial charge in [0.05, 0.1) is 5.69 Å². The number of fused-ring (bicyclic) bond motifs is 1. The number of ether oxygens (including phenoxy) is 2. The van der Waals surface area contributed by atoms with E-state index in [1.165, 1.54) is 17.7 Å². The minimum atomic E-state index is -0.642. The molecule has 30 heavy (non-hydrogen) atoms. The number of aliphatic hydroxyl groups is 1. The van der Waals surface area contributed by atoms with E-state index in [9.17, 15) is 10.2 Å². The molecule has 0 unspecified atom stereocenters. The Bertz CT molecular complexity index is 860. The molecule has 4 rings (SSSR count). The number of phenols is 1. The highest BCUT2D eigenvalue weighted by molar-refractivity contribution is 6.30. The van der Waals surface area contributed by atoms with Crippen molar-refractivity contribution >= 4 is 42.1 Å². The van der Waals surface area contributed by atoms with Crippen molar-refractivity contribution in [3.05, 3.63) is 47.0 Å². The van der Waals surface area contributed by atoms with Gasteiger partial charge in [-0.2, -0.15) is 0 Å². The Hall–Kier alpha value is -1.57. The molecule has 1 saturated heterocycles. The zero-order valence-corrected chi connectivity index (χ0v) is 18.8. The smallest absolute Gasteiger partial charge is 0.146 e. The number of likely N-dealkylation sites (tertiary alicyclic amines) is 1. The van der Waals surface area contributed by atoms with Crippen LogP contribution in [0.15, 0.2) is 36.4 Å². The lowest BCUT2D eigenvalue weighted by molar-refractivity contribution is -0.00191. The van der Waals surface area contributed by atoms with Crippen molar-refractivity contribution in [2.24, 2.45) is 0 Å². The van der Waals surface area contributed by atoms with Crippen LogP contribution < -0.4 is 15.2 Å². The molecule has 0 bridgehead atoms. The summed E-state index contributed by atoms with van der Waals surface area (Å²) in [4.78, 5) is 2.23. The summed E-state index contributed by atoms with van der Waals surface area (Å²) in [5.41, 5.74) is 7.28. The molecule has 2 aromatic carbocycles. The predicted molar refractivity (Wildman–Crippen MR) is 123 cm³/mol. The lowest BCUT2D eigenvalue weighted by Crippen LogP contribution is -2.49. The molecule has 4 N–H and O–H groups in total. The van der Waals surface area contributed by atoms with Gasteiger partial charge in [-0.15, -0.1) is 24.8 Å². The summed E-state index contributed by atoms with van der Waals surface area (Å²) in [6, 6.07) is 10.3. The Labute approximate surface area is 193 Å². The lowest BCUT2D eigenvalue weighted by atomic mass is 9.87. The second kappa shape index (κ2) is 10.2. The normalized spacial score (nSPS) is 17.9. The van der Waals surface area contributed by atoms with Crippen LogP contribution in [0.4, 0.5) is 5.69 Å². The number of aliphatic hydroxyl groups excluding tert-OH is 1. The van der Waals surface area contributed by atoms with Crippen LogP contribution >= 0.6 is 36.4 Å². The van der Waals surface area contributed by atoms with Crippen LogP contribution in [0.2, 0.25) is 5.02 Å². The standard InChI is InChI=1S/C21H25ClN2O4.2ClH/c22-15-1-4-19-14(9-15)11-21(28-19)5-7-24(8-6-21)12-17(26)13-27-20-10-16(25)2-3-18(20)23;;/h1-4,9-10,17,25-26H,5-8,11-13,23H2;2*1H/t17-;;/m0../s1. The van der Waals surface area contributed by atoms with Crippen LogP contribution in [0.3, 0.4) is 0 Å². The van der Waals surface area contributed by atoms with Gasteiger partial charge in [0, 0.05) is 50.0 Å². The zero-order chi connectivity index (χ0) is 19.7. The second-order valence-electron chi connectivity index (χ2n) is 7.70. The first kappa shape index (κ1) is 24.7. The lowest BCUT2D eigenvalue weighted by Gasteiger charge is -2.39. The van der Waals surface area contributed by atoms with Crippen LogP contribution in [0, 0.1) is 0 Å². The van der Waals surface area contributed by atoms with Gasteiger partial charge in [0.1, 0.15) is 35.6 Å². The molecule has 1 atom stereocenters. The average Bonchev–Trinajstić information content (AvgIpc) is 3.01. The molecule has 9 heteroatoms. The Morgan fingerprint density at radius 3 is 2.63 bits per heavy atom. The molecule has 0 aromatic heterocycles. The van der Waals surface area contributed by atoms with Crippen LogP contribution in [-0.2, 0) is 6.42 Å². The number of hydrogen-bond acceptors (Lipinski definition) is 6. The summed E-state index contributed by atoms with van der Waals surface area (Å²) < 4.78 is 11.8. The highest BCUT2D eigenvalue weighted by Gasteiger charge is 2.42. The molecule has 2 aliphatic heterocycles. The third-order valence-electron chi connectivity index (χ3n) is 5.53. The van der Waals surface area contributed by atoms with E-state index in [4.69, 9.17) is 26.8 Å². The molecule has 2 aliphatic rings. The van der Waals surface area contributed by atoms with Crippen molar-refractivity contribution in [1.82, 2.24) is 4.90 Å². The number of halogens is 3. The third-order valence-corrected chi connectivity index (χ3v) is 5.76. The Kier molecular flexibility index (Phi) is 8.36. The van der Waals surface area contributed by atoms with Crippen molar-refractivity contribution < 1.29 is 19.7 Å². The summed E-state index contributed by atoms with van der Waals surface area (Å²) in [7, 11) is 0. The molecule has 1 fully saturated rings. The first-order chi connectivity index (χ1) is 13.4. The summed E-state index contributed by atoms with van der Waals surface area (Å²) in [5.74, 6) is 1.40. The monoisotopic (exact) mass is 476 g/mol. The van der Waals surface area contributed by atoms with Crippen molar-refractivity contribution in [2.75, 3.05) is 32.0 Å². The van der Waals surface area contributed by atoms with Gasteiger partial charge in [-0.1, -0.05) is 11.6 Å². The van der Waals surface area contributed by atoms with Gasteiger partial charge in [0.15, 0.2) is 0 Å². The minimum Gasteiger partial charge on any atom is -0.508 e. The molecule has 0 radical (unpaired) electrons. The van der Waals surface area contributed by atoms with Crippen LogP contribution in [-0.4, -0.2) is 53.1 Å². The molecule has 2 heterocycles. The molecule has 0 aliphatic carbocycles. The van der Waals surface area contributed by atoms with Crippen LogP contribution in [0.5, 0.6) is 17.2 Å². The van der Waals surface area contributed by atoms with Gasteiger partial charge < -0.3 is 30.3 Å². The number of nitrogens with two attached hydrogens (primary N) is 1. The van der Waals surface area contributed by atoms with Gasteiger partial charge in [-0.25, -0.2) is 0 Å². The maximum absolute atomic E-state index is 10.3. The molecule has 166 valence electrons. The quantitative estimate of drug-likeness (QED) is 0.450. The number of piperidine rings is 1. The number of nitrogens with zero attached hydrogens (tertiary/aromatic N) is 1. The summed E-state index contributed by atoms with van der Waals surface area (Å²) in [6.45, 7) is 2.35. The van der Waals surface area contributed by atoms with Gasteiger partial charge in [-0.05, 0) is 35.9 Å². The largest absolute Gasteiger partial charge is 0.508 e. The minimum absolute atomic E-state index is 0. The maximum atomic E-state index is 10.3. The Morgan fingerprint density at radius 2 is 1.90 bits per heavy atom. The first-order valence-electron chi connectivity index (χ1n) is 9.52. The summed E-state index contributed by atoms with van der Waals surface area (Å²) in [5, 5.41) is 20.6. The molecule has 6 nitrogen and oxygen atoms in total. The SMILES string of the molecule is Cl.Cl.Nc1ccc(O)cc1OC[C@@H](O)CN1CCC2(CC1)Cc1cc(Cl)ccc1O2. The van der Waals surface area contributed by atoms with E-state index in [-0.39, 0.29) is 42.8 Å². The fourth-order valence-corrected chi connectivity index (χ4v) is 4.20.